The summed E-state index contributed by atoms with van der Waals surface area (Å²) in [5.41, 5.74) is 5.19. The summed E-state index contributed by atoms with van der Waals surface area (Å²) in [6, 6.07) is 6.64. The molecule has 2 N–H and O–H groups in total. The van der Waals surface area contributed by atoms with Crippen LogP contribution in [0.5, 0.6) is 0 Å². The molecule has 26 heavy (non-hydrogen) atoms. The van der Waals surface area contributed by atoms with Crippen LogP contribution in [-0.2, 0) is 4.57 Å². The van der Waals surface area contributed by atoms with Crippen molar-refractivity contribution in [1.82, 2.24) is 0 Å². The van der Waals surface area contributed by atoms with Crippen LogP contribution >= 0.6 is 18.7 Å². The zero-order chi connectivity index (χ0) is 19.5. The second-order valence-corrected chi connectivity index (χ2v) is 9.68. The molecule has 0 saturated carbocycles. The molecular weight excluding hydrogens is 386 g/mol. The molecule has 0 amide bonds. The lowest BCUT2D eigenvalue weighted by atomic mass is 10.2. The standard InChI is InChI=1S/C17H22ClF3N3OP/c1-3-9-26(25,10-4-2)13-7-5-12(6-8-13)24-11-14(17(19,20)21)15(18)23-16(24)22/h5-8,11,16H,3-4,9-10,22H2,1-2H3. The van der Waals surface area contributed by atoms with Gasteiger partial charge in [0.25, 0.3) is 0 Å². The minimum atomic E-state index is -4.63. The minimum absolute atomic E-state index is 0.426. The first kappa shape index (κ1) is 21.0. The second-order valence-electron chi connectivity index (χ2n) is 6.13. The van der Waals surface area contributed by atoms with Crippen molar-refractivity contribution >= 4 is 34.9 Å². The Balaban J connectivity index is 2.35. The van der Waals surface area contributed by atoms with Gasteiger partial charge in [0.05, 0.1) is 0 Å². The van der Waals surface area contributed by atoms with E-state index in [9.17, 15) is 17.7 Å². The first-order chi connectivity index (χ1) is 12.1. The van der Waals surface area contributed by atoms with E-state index in [1.54, 1.807) is 24.3 Å². The Hall–Kier alpha value is -1.30. The molecule has 0 aromatic heterocycles. The van der Waals surface area contributed by atoms with Gasteiger partial charge in [-0.05, 0) is 37.1 Å². The van der Waals surface area contributed by atoms with Crippen LogP contribution in [0.25, 0.3) is 0 Å². The topological polar surface area (TPSA) is 58.7 Å². The Bertz CT molecular complexity index is 737. The van der Waals surface area contributed by atoms with Crippen LogP contribution in [0, 0.1) is 0 Å². The molecule has 1 aromatic rings. The quantitative estimate of drug-likeness (QED) is 0.699. The molecule has 4 nitrogen and oxygen atoms in total. The predicted octanol–water partition coefficient (Wildman–Crippen LogP) is 4.64. The van der Waals surface area contributed by atoms with Crippen LogP contribution in [-0.4, -0.2) is 30.0 Å². The summed E-state index contributed by atoms with van der Waals surface area (Å²) >= 11 is 5.59. The van der Waals surface area contributed by atoms with E-state index in [-0.39, 0.29) is 0 Å². The van der Waals surface area contributed by atoms with E-state index in [4.69, 9.17) is 17.3 Å². The summed E-state index contributed by atoms with van der Waals surface area (Å²) in [4.78, 5) is 4.86. The molecule has 1 aliphatic heterocycles. The third kappa shape index (κ3) is 4.51. The normalized spacial score (nSPS) is 18.6. The van der Waals surface area contributed by atoms with Gasteiger partial charge in [0.1, 0.15) is 17.9 Å². The molecule has 144 valence electrons. The molecule has 1 atom stereocenters. The number of rotatable bonds is 6. The van der Waals surface area contributed by atoms with Gasteiger partial charge in [0.2, 0.25) is 0 Å². The molecule has 0 spiro atoms. The number of benzene rings is 1. The van der Waals surface area contributed by atoms with Gasteiger partial charge < -0.3 is 9.46 Å². The van der Waals surface area contributed by atoms with E-state index < -0.39 is 30.4 Å². The maximum absolute atomic E-state index is 13.2. The van der Waals surface area contributed by atoms with Crippen molar-refractivity contribution in [2.45, 2.75) is 39.2 Å². The highest BCUT2D eigenvalue weighted by molar-refractivity contribution is 7.71. The molecule has 1 aromatic carbocycles. The van der Waals surface area contributed by atoms with Gasteiger partial charge in [-0.3, -0.25) is 5.73 Å². The maximum Gasteiger partial charge on any atom is 0.420 e. The fourth-order valence-electron chi connectivity index (χ4n) is 2.92. The average Bonchev–Trinajstić information content (AvgIpc) is 2.54. The molecule has 1 unspecified atom stereocenters. The van der Waals surface area contributed by atoms with Crippen molar-refractivity contribution in [2.24, 2.45) is 10.7 Å². The molecular formula is C17H22ClF3N3OP. The number of hydrogen-bond acceptors (Lipinski definition) is 4. The molecule has 0 saturated heterocycles. The average molecular weight is 408 g/mol. The van der Waals surface area contributed by atoms with Crippen LogP contribution in [0.15, 0.2) is 41.0 Å². The van der Waals surface area contributed by atoms with Crippen molar-refractivity contribution in [2.75, 3.05) is 17.2 Å². The molecule has 9 heteroatoms. The summed E-state index contributed by atoms with van der Waals surface area (Å²) in [5.74, 6) is 0. The van der Waals surface area contributed by atoms with E-state index in [0.717, 1.165) is 24.3 Å². The third-order valence-electron chi connectivity index (χ3n) is 4.11. The molecule has 0 fully saturated rings. The number of allylic oxidation sites excluding steroid dienone is 1. The number of nitrogens with two attached hydrogens (primary N) is 1. The monoisotopic (exact) mass is 407 g/mol. The highest BCUT2D eigenvalue weighted by Crippen LogP contribution is 2.46. The number of nitrogens with zero attached hydrogens (tertiary/aromatic N) is 2. The van der Waals surface area contributed by atoms with Gasteiger partial charge in [-0.1, -0.05) is 25.4 Å². The fraction of sp³-hybridized carbons (Fsp3) is 0.471. The SMILES string of the molecule is CCCP(=O)(CCC)c1ccc(N2C=C(C(F)(F)F)C(Cl)=NC2N)cc1. The van der Waals surface area contributed by atoms with Gasteiger partial charge in [-0.2, -0.15) is 13.2 Å². The number of anilines is 1. The molecule has 0 aliphatic carbocycles. The number of halogens is 4. The maximum atomic E-state index is 13.2. The molecule has 1 aliphatic rings. The van der Waals surface area contributed by atoms with E-state index in [1.807, 2.05) is 13.8 Å². The molecule has 1 heterocycles. The third-order valence-corrected chi connectivity index (χ3v) is 7.99. The predicted molar refractivity (Wildman–Crippen MR) is 102 cm³/mol. The van der Waals surface area contributed by atoms with Gasteiger partial charge in [0.15, 0.2) is 6.29 Å². The van der Waals surface area contributed by atoms with E-state index in [0.29, 0.717) is 18.0 Å². The number of alkyl halides is 3. The lowest BCUT2D eigenvalue weighted by Crippen LogP contribution is -2.42. The lowest BCUT2D eigenvalue weighted by Gasteiger charge is -2.30. The van der Waals surface area contributed by atoms with Crippen molar-refractivity contribution in [3.05, 3.63) is 36.0 Å². The highest BCUT2D eigenvalue weighted by atomic mass is 35.5. The minimum Gasteiger partial charge on any atom is -0.319 e. The van der Waals surface area contributed by atoms with Crippen molar-refractivity contribution in [3.8, 4) is 0 Å². The summed E-state index contributed by atoms with van der Waals surface area (Å²) in [6.45, 7) is 3.96. The summed E-state index contributed by atoms with van der Waals surface area (Å²) in [7, 11) is -2.49. The first-order valence-corrected chi connectivity index (χ1v) is 10.8. The van der Waals surface area contributed by atoms with Crippen molar-refractivity contribution < 1.29 is 17.7 Å². The first-order valence-electron chi connectivity index (χ1n) is 8.37. The molecule has 0 radical (unpaired) electrons. The fourth-order valence-corrected chi connectivity index (χ4v) is 6.06. The largest absolute Gasteiger partial charge is 0.420 e. The number of aliphatic imine (C=N–C) groups is 1. The van der Waals surface area contributed by atoms with Crippen molar-refractivity contribution in [3.63, 3.8) is 0 Å². The smallest absolute Gasteiger partial charge is 0.319 e. The van der Waals surface area contributed by atoms with Gasteiger partial charge in [0, 0.05) is 29.5 Å². The van der Waals surface area contributed by atoms with Crippen molar-refractivity contribution in [1.29, 1.82) is 0 Å². The zero-order valence-corrected chi connectivity index (χ0v) is 16.3. The van der Waals surface area contributed by atoms with Gasteiger partial charge >= 0.3 is 6.18 Å². The highest BCUT2D eigenvalue weighted by Gasteiger charge is 2.40. The van der Waals surface area contributed by atoms with Gasteiger partial charge in [-0.25, -0.2) is 4.99 Å². The Morgan fingerprint density at radius 2 is 1.73 bits per heavy atom. The molecule has 2 rings (SSSR count). The Morgan fingerprint density at radius 3 is 2.19 bits per heavy atom. The molecule has 0 bridgehead atoms. The van der Waals surface area contributed by atoms with E-state index >= 15 is 0 Å². The Kier molecular flexibility index (Phi) is 6.59. The Labute approximate surface area is 156 Å². The summed E-state index contributed by atoms with van der Waals surface area (Å²) in [6.07, 6.45) is -1.99. The summed E-state index contributed by atoms with van der Waals surface area (Å²) < 4.78 is 52.3. The zero-order valence-electron chi connectivity index (χ0n) is 14.6. The van der Waals surface area contributed by atoms with E-state index in [2.05, 4.69) is 4.99 Å². The van der Waals surface area contributed by atoms with Crippen LogP contribution in [0.1, 0.15) is 26.7 Å². The Morgan fingerprint density at radius 1 is 1.19 bits per heavy atom. The number of hydrogen-bond donors (Lipinski definition) is 1. The second kappa shape index (κ2) is 8.15. The van der Waals surface area contributed by atoms with Crippen LogP contribution in [0.3, 0.4) is 0 Å². The van der Waals surface area contributed by atoms with Crippen LogP contribution in [0.4, 0.5) is 18.9 Å². The van der Waals surface area contributed by atoms with E-state index in [1.165, 1.54) is 4.90 Å². The summed E-state index contributed by atoms with van der Waals surface area (Å²) in [5, 5.41) is 0.0744. The lowest BCUT2D eigenvalue weighted by molar-refractivity contribution is -0.0862. The van der Waals surface area contributed by atoms with Crippen LogP contribution in [0.2, 0.25) is 0 Å². The van der Waals surface area contributed by atoms with Crippen LogP contribution < -0.4 is 15.9 Å². The van der Waals surface area contributed by atoms with Gasteiger partial charge in [-0.15, -0.1) is 0 Å².